The molecule has 1 aromatic heterocycles. The van der Waals surface area contributed by atoms with Gasteiger partial charge in [0.2, 0.25) is 0 Å². The Kier molecular flexibility index (Phi) is 5.85. The van der Waals surface area contributed by atoms with Crippen molar-refractivity contribution in [1.82, 2.24) is 4.98 Å². The zero-order valence-corrected chi connectivity index (χ0v) is 14.7. The van der Waals surface area contributed by atoms with Crippen molar-refractivity contribution in [2.24, 2.45) is 5.92 Å². The van der Waals surface area contributed by atoms with E-state index in [4.69, 9.17) is 11.6 Å². The summed E-state index contributed by atoms with van der Waals surface area (Å²) in [5, 5.41) is 3.69. The Bertz CT molecular complexity index is 729. The summed E-state index contributed by atoms with van der Waals surface area (Å²) in [6.45, 7) is 5.15. The van der Waals surface area contributed by atoms with Gasteiger partial charge in [0.25, 0.3) is 10.0 Å². The molecule has 0 radical (unpaired) electrons. The molecule has 2 N–H and O–H groups in total. The van der Waals surface area contributed by atoms with Crippen LogP contribution in [0.1, 0.15) is 20.3 Å². The van der Waals surface area contributed by atoms with E-state index >= 15 is 0 Å². The smallest absolute Gasteiger partial charge is 0.261 e. The zero-order valence-electron chi connectivity index (χ0n) is 13.1. The van der Waals surface area contributed by atoms with Gasteiger partial charge in [-0.25, -0.2) is 13.4 Å². The van der Waals surface area contributed by atoms with E-state index in [0.29, 0.717) is 16.6 Å². The summed E-state index contributed by atoms with van der Waals surface area (Å²) in [5.74, 6) is 1.34. The molecule has 0 fully saturated rings. The van der Waals surface area contributed by atoms with E-state index in [2.05, 4.69) is 28.9 Å². The van der Waals surface area contributed by atoms with Gasteiger partial charge in [-0.05, 0) is 48.7 Å². The average Bonchev–Trinajstić information content (AvgIpc) is 2.49. The molecular weight excluding hydrogens is 334 g/mol. The molecule has 5 nitrogen and oxygen atoms in total. The number of rotatable bonds is 7. The topological polar surface area (TPSA) is 71.1 Å². The number of hydrogen-bond donors (Lipinski definition) is 2. The molecule has 0 saturated heterocycles. The van der Waals surface area contributed by atoms with E-state index in [0.717, 1.165) is 18.8 Å². The standard InChI is InChI=1S/C16H20ClN3O2S/c1-12(2)9-10-18-16-8-5-14(11-19-16)20-23(21,22)15-6-3-13(17)4-7-15/h3-8,11-12,20H,9-10H2,1-2H3,(H,18,19). The van der Waals surface area contributed by atoms with Crippen molar-refractivity contribution in [3.05, 3.63) is 47.6 Å². The van der Waals surface area contributed by atoms with Gasteiger partial charge in [-0.15, -0.1) is 0 Å². The average molecular weight is 354 g/mol. The van der Waals surface area contributed by atoms with Crippen molar-refractivity contribution in [2.75, 3.05) is 16.6 Å². The molecule has 1 heterocycles. The van der Waals surface area contributed by atoms with E-state index in [-0.39, 0.29) is 4.90 Å². The van der Waals surface area contributed by atoms with Crippen LogP contribution in [0.25, 0.3) is 0 Å². The molecule has 0 aliphatic carbocycles. The Labute approximate surface area is 142 Å². The highest BCUT2D eigenvalue weighted by molar-refractivity contribution is 7.92. The maximum Gasteiger partial charge on any atom is 0.261 e. The third-order valence-electron chi connectivity index (χ3n) is 3.17. The lowest BCUT2D eigenvalue weighted by Gasteiger charge is -2.10. The predicted octanol–water partition coefficient (Wildman–Crippen LogP) is 3.99. The molecule has 0 saturated carbocycles. The Morgan fingerprint density at radius 1 is 1.13 bits per heavy atom. The lowest BCUT2D eigenvalue weighted by Crippen LogP contribution is -2.13. The first-order chi connectivity index (χ1) is 10.9. The summed E-state index contributed by atoms with van der Waals surface area (Å²) < 4.78 is 27.0. The SMILES string of the molecule is CC(C)CCNc1ccc(NS(=O)(=O)c2ccc(Cl)cc2)cn1. The minimum absolute atomic E-state index is 0.154. The number of pyridine rings is 1. The fraction of sp³-hybridized carbons (Fsp3) is 0.312. The normalized spacial score (nSPS) is 11.5. The van der Waals surface area contributed by atoms with Gasteiger partial charge in [-0.3, -0.25) is 4.72 Å². The molecule has 23 heavy (non-hydrogen) atoms. The molecule has 0 bridgehead atoms. The number of halogens is 1. The monoisotopic (exact) mass is 353 g/mol. The van der Waals surface area contributed by atoms with Gasteiger partial charge < -0.3 is 5.32 Å². The summed E-state index contributed by atoms with van der Waals surface area (Å²) in [7, 11) is -3.64. The van der Waals surface area contributed by atoms with Crippen LogP contribution in [0, 0.1) is 5.92 Å². The highest BCUT2D eigenvalue weighted by atomic mass is 35.5. The molecule has 2 rings (SSSR count). The zero-order chi connectivity index (χ0) is 16.9. The van der Waals surface area contributed by atoms with Crippen molar-refractivity contribution < 1.29 is 8.42 Å². The van der Waals surface area contributed by atoms with Crippen molar-refractivity contribution >= 4 is 33.1 Å². The Hall–Kier alpha value is -1.79. The minimum Gasteiger partial charge on any atom is -0.370 e. The largest absolute Gasteiger partial charge is 0.370 e. The first kappa shape index (κ1) is 17.6. The fourth-order valence-corrected chi connectivity index (χ4v) is 3.04. The number of aromatic nitrogens is 1. The van der Waals surface area contributed by atoms with E-state index in [1.54, 1.807) is 12.1 Å². The Morgan fingerprint density at radius 2 is 1.83 bits per heavy atom. The first-order valence-corrected chi connectivity index (χ1v) is 9.21. The van der Waals surface area contributed by atoms with E-state index in [1.807, 2.05) is 0 Å². The molecule has 2 aromatic rings. The van der Waals surface area contributed by atoms with Crippen LogP contribution in [0.5, 0.6) is 0 Å². The number of hydrogen-bond acceptors (Lipinski definition) is 4. The number of nitrogens with zero attached hydrogens (tertiary/aromatic N) is 1. The molecule has 124 valence electrons. The quantitative estimate of drug-likeness (QED) is 0.789. The third kappa shape index (κ3) is 5.41. The Morgan fingerprint density at radius 3 is 2.39 bits per heavy atom. The maximum absolute atomic E-state index is 12.2. The number of anilines is 2. The second-order valence-electron chi connectivity index (χ2n) is 5.60. The van der Waals surface area contributed by atoms with E-state index < -0.39 is 10.0 Å². The summed E-state index contributed by atoms with van der Waals surface area (Å²) >= 11 is 5.77. The van der Waals surface area contributed by atoms with Crippen molar-refractivity contribution in [2.45, 2.75) is 25.2 Å². The maximum atomic E-state index is 12.2. The molecule has 1 aromatic carbocycles. The fourth-order valence-electron chi connectivity index (χ4n) is 1.88. The van der Waals surface area contributed by atoms with Crippen LogP contribution in [0.2, 0.25) is 5.02 Å². The summed E-state index contributed by atoms with van der Waals surface area (Å²) in [4.78, 5) is 4.36. The molecule has 0 unspecified atom stereocenters. The molecule has 0 atom stereocenters. The van der Waals surface area contributed by atoms with Crippen LogP contribution < -0.4 is 10.0 Å². The van der Waals surface area contributed by atoms with Gasteiger partial charge >= 0.3 is 0 Å². The van der Waals surface area contributed by atoms with Crippen LogP contribution in [0.4, 0.5) is 11.5 Å². The predicted molar refractivity (Wildman–Crippen MR) is 94.4 cm³/mol. The molecule has 0 spiro atoms. The Balaban J connectivity index is 2.01. The highest BCUT2D eigenvalue weighted by Gasteiger charge is 2.14. The van der Waals surface area contributed by atoms with Crippen molar-refractivity contribution in [3.63, 3.8) is 0 Å². The molecule has 0 aliphatic rings. The van der Waals surface area contributed by atoms with Gasteiger partial charge in [0.1, 0.15) is 5.82 Å². The van der Waals surface area contributed by atoms with Crippen LogP contribution >= 0.6 is 11.6 Å². The summed E-state index contributed by atoms with van der Waals surface area (Å²) in [5.41, 5.74) is 0.411. The van der Waals surface area contributed by atoms with Crippen molar-refractivity contribution in [3.8, 4) is 0 Å². The molecular formula is C16H20ClN3O2S. The second kappa shape index (κ2) is 7.66. The van der Waals surface area contributed by atoms with Crippen LogP contribution in [0.15, 0.2) is 47.5 Å². The van der Waals surface area contributed by atoms with E-state index in [1.165, 1.54) is 30.5 Å². The lowest BCUT2D eigenvalue weighted by atomic mass is 10.1. The van der Waals surface area contributed by atoms with E-state index in [9.17, 15) is 8.42 Å². The summed E-state index contributed by atoms with van der Waals surface area (Å²) in [6, 6.07) is 9.42. The van der Waals surface area contributed by atoms with Gasteiger partial charge in [-0.2, -0.15) is 0 Å². The molecule has 0 aliphatic heterocycles. The molecule has 0 amide bonds. The van der Waals surface area contributed by atoms with Crippen molar-refractivity contribution in [1.29, 1.82) is 0 Å². The van der Waals surface area contributed by atoms with Gasteiger partial charge in [0, 0.05) is 11.6 Å². The molecule has 7 heteroatoms. The number of nitrogens with one attached hydrogen (secondary N) is 2. The van der Waals surface area contributed by atoms with Crippen LogP contribution in [0.3, 0.4) is 0 Å². The van der Waals surface area contributed by atoms with Crippen LogP contribution in [-0.4, -0.2) is 19.9 Å². The van der Waals surface area contributed by atoms with Gasteiger partial charge in [-0.1, -0.05) is 25.4 Å². The lowest BCUT2D eigenvalue weighted by molar-refractivity contribution is 0.601. The van der Waals surface area contributed by atoms with Crippen LogP contribution in [-0.2, 0) is 10.0 Å². The first-order valence-electron chi connectivity index (χ1n) is 7.35. The van der Waals surface area contributed by atoms with Gasteiger partial charge in [0.15, 0.2) is 0 Å². The number of sulfonamides is 1. The van der Waals surface area contributed by atoms with Gasteiger partial charge in [0.05, 0.1) is 16.8 Å². The second-order valence-corrected chi connectivity index (χ2v) is 7.72. The summed E-state index contributed by atoms with van der Waals surface area (Å²) in [6.07, 6.45) is 2.54. The highest BCUT2D eigenvalue weighted by Crippen LogP contribution is 2.18. The number of benzene rings is 1. The third-order valence-corrected chi connectivity index (χ3v) is 4.82. The minimum atomic E-state index is -3.64.